The number of sulfonamides is 1. The standard InChI is InChI=1S/C22H25N3O2S2/c1-15-20(23-21(28-15)24-22(2,3)4)17-10-11-19-16(14-17)12-13-25(19)29(26,27)18-8-6-5-7-9-18/h5-11,14H,12-13H2,1-4H3,(H,23,24). The summed E-state index contributed by atoms with van der Waals surface area (Å²) in [5, 5.41) is 4.33. The van der Waals surface area contributed by atoms with Crippen LogP contribution in [0.15, 0.2) is 53.4 Å². The van der Waals surface area contributed by atoms with Gasteiger partial charge < -0.3 is 5.32 Å². The van der Waals surface area contributed by atoms with Crippen molar-refractivity contribution < 1.29 is 8.42 Å². The molecule has 1 aliphatic rings. The van der Waals surface area contributed by atoms with Crippen molar-refractivity contribution in [2.45, 2.75) is 44.6 Å². The van der Waals surface area contributed by atoms with Gasteiger partial charge in [0.2, 0.25) is 0 Å². The molecule has 0 aliphatic carbocycles. The Balaban J connectivity index is 1.66. The molecule has 3 aromatic rings. The van der Waals surface area contributed by atoms with Crippen molar-refractivity contribution in [1.29, 1.82) is 0 Å². The summed E-state index contributed by atoms with van der Waals surface area (Å²) >= 11 is 1.64. The van der Waals surface area contributed by atoms with E-state index >= 15 is 0 Å². The van der Waals surface area contributed by atoms with E-state index in [1.807, 2.05) is 18.2 Å². The van der Waals surface area contributed by atoms with Crippen LogP contribution in [0, 0.1) is 6.92 Å². The molecule has 0 radical (unpaired) electrons. The molecule has 4 rings (SSSR count). The van der Waals surface area contributed by atoms with Gasteiger partial charge in [-0.15, -0.1) is 11.3 Å². The number of nitrogens with zero attached hydrogens (tertiary/aromatic N) is 2. The first-order valence-corrected chi connectivity index (χ1v) is 11.9. The van der Waals surface area contributed by atoms with Gasteiger partial charge in [-0.05, 0) is 63.9 Å². The fraction of sp³-hybridized carbons (Fsp3) is 0.318. The van der Waals surface area contributed by atoms with Crippen molar-refractivity contribution in [3.05, 3.63) is 59.0 Å². The first-order valence-electron chi connectivity index (χ1n) is 9.62. The van der Waals surface area contributed by atoms with Crippen LogP contribution < -0.4 is 9.62 Å². The monoisotopic (exact) mass is 427 g/mol. The molecule has 0 saturated carbocycles. The third-order valence-electron chi connectivity index (χ3n) is 4.82. The van der Waals surface area contributed by atoms with Gasteiger partial charge in [0, 0.05) is 22.5 Å². The Morgan fingerprint density at radius 2 is 1.83 bits per heavy atom. The van der Waals surface area contributed by atoms with E-state index in [1.54, 1.807) is 35.6 Å². The minimum absolute atomic E-state index is 0.0498. The van der Waals surface area contributed by atoms with E-state index in [1.165, 1.54) is 4.31 Å². The Labute approximate surface area is 176 Å². The molecule has 7 heteroatoms. The van der Waals surface area contributed by atoms with Gasteiger partial charge in [0.05, 0.1) is 16.3 Å². The molecule has 152 valence electrons. The van der Waals surface area contributed by atoms with Crippen LogP contribution in [0.5, 0.6) is 0 Å². The lowest BCUT2D eigenvalue weighted by molar-refractivity contribution is 0.592. The lowest BCUT2D eigenvalue weighted by Gasteiger charge is -2.20. The second kappa shape index (κ2) is 7.15. The molecule has 0 spiro atoms. The highest BCUT2D eigenvalue weighted by Crippen LogP contribution is 2.38. The molecule has 2 heterocycles. The Bertz CT molecular complexity index is 1150. The average Bonchev–Trinajstić information content (AvgIpc) is 3.24. The van der Waals surface area contributed by atoms with E-state index in [-0.39, 0.29) is 5.54 Å². The van der Waals surface area contributed by atoms with Crippen molar-refractivity contribution in [3.8, 4) is 11.3 Å². The van der Waals surface area contributed by atoms with Crippen LogP contribution in [0.1, 0.15) is 31.2 Å². The number of thiazole rings is 1. The van der Waals surface area contributed by atoms with Gasteiger partial charge in [0.25, 0.3) is 10.0 Å². The molecular weight excluding hydrogens is 402 g/mol. The second-order valence-corrected chi connectivity index (χ2v) is 11.3. The third-order valence-corrected chi connectivity index (χ3v) is 7.53. The molecule has 1 aromatic heterocycles. The summed E-state index contributed by atoms with van der Waals surface area (Å²) < 4.78 is 27.6. The van der Waals surface area contributed by atoms with Crippen molar-refractivity contribution in [2.24, 2.45) is 0 Å². The van der Waals surface area contributed by atoms with Crippen molar-refractivity contribution in [3.63, 3.8) is 0 Å². The Kier molecular flexibility index (Phi) is 4.91. The van der Waals surface area contributed by atoms with Gasteiger partial charge in [-0.3, -0.25) is 4.31 Å². The fourth-order valence-electron chi connectivity index (χ4n) is 3.53. The molecule has 5 nitrogen and oxygen atoms in total. The van der Waals surface area contributed by atoms with E-state index in [4.69, 9.17) is 4.98 Å². The zero-order valence-electron chi connectivity index (χ0n) is 17.1. The summed E-state index contributed by atoms with van der Waals surface area (Å²) in [6.07, 6.45) is 0.700. The van der Waals surface area contributed by atoms with Gasteiger partial charge in [-0.2, -0.15) is 0 Å². The van der Waals surface area contributed by atoms with Crippen LogP contribution in [0.25, 0.3) is 11.3 Å². The largest absolute Gasteiger partial charge is 0.357 e. The SMILES string of the molecule is Cc1sc(NC(C)(C)C)nc1-c1ccc2c(c1)CCN2S(=O)(=O)c1ccccc1. The summed E-state index contributed by atoms with van der Waals surface area (Å²) in [6, 6.07) is 14.6. The number of fused-ring (bicyclic) bond motifs is 1. The van der Waals surface area contributed by atoms with Gasteiger partial charge in [-0.1, -0.05) is 24.3 Å². The first-order chi connectivity index (χ1) is 13.6. The lowest BCUT2D eigenvalue weighted by Crippen LogP contribution is -2.29. The molecule has 0 atom stereocenters. The third kappa shape index (κ3) is 3.89. The van der Waals surface area contributed by atoms with Crippen molar-refractivity contribution >= 4 is 32.2 Å². The predicted octanol–water partition coefficient (Wildman–Crippen LogP) is 5.08. The van der Waals surface area contributed by atoms with Crippen LogP contribution in [0.4, 0.5) is 10.8 Å². The van der Waals surface area contributed by atoms with Crippen molar-refractivity contribution in [1.82, 2.24) is 4.98 Å². The lowest BCUT2D eigenvalue weighted by atomic mass is 10.1. The molecule has 1 aliphatic heterocycles. The molecular formula is C22H25N3O2S2. The Morgan fingerprint density at radius 1 is 1.10 bits per heavy atom. The van der Waals surface area contributed by atoms with Gasteiger partial charge in [0.15, 0.2) is 5.13 Å². The first kappa shape index (κ1) is 19.9. The highest BCUT2D eigenvalue weighted by atomic mass is 32.2. The molecule has 0 fully saturated rings. The second-order valence-electron chi connectivity index (χ2n) is 8.28. The summed E-state index contributed by atoms with van der Waals surface area (Å²) in [4.78, 5) is 6.25. The summed E-state index contributed by atoms with van der Waals surface area (Å²) in [6.45, 7) is 8.87. The quantitative estimate of drug-likeness (QED) is 0.631. The Morgan fingerprint density at radius 3 is 2.52 bits per heavy atom. The van der Waals surface area contributed by atoms with Crippen LogP contribution in [-0.4, -0.2) is 25.5 Å². The number of hydrogen-bond donors (Lipinski definition) is 1. The number of hydrogen-bond acceptors (Lipinski definition) is 5. The number of anilines is 2. The summed E-state index contributed by atoms with van der Waals surface area (Å²) in [5.41, 5.74) is 3.73. The van der Waals surface area contributed by atoms with Crippen LogP contribution >= 0.6 is 11.3 Å². The average molecular weight is 428 g/mol. The van der Waals surface area contributed by atoms with E-state index in [0.717, 1.165) is 32.5 Å². The van der Waals surface area contributed by atoms with E-state index < -0.39 is 10.0 Å². The Hall–Kier alpha value is -2.38. The predicted molar refractivity (Wildman–Crippen MR) is 120 cm³/mol. The smallest absolute Gasteiger partial charge is 0.264 e. The minimum atomic E-state index is -3.54. The highest BCUT2D eigenvalue weighted by molar-refractivity contribution is 7.92. The zero-order chi connectivity index (χ0) is 20.8. The van der Waals surface area contributed by atoms with Crippen molar-refractivity contribution in [2.75, 3.05) is 16.2 Å². The molecule has 0 unspecified atom stereocenters. The van der Waals surface area contributed by atoms with E-state index in [0.29, 0.717) is 17.9 Å². The number of benzene rings is 2. The van der Waals surface area contributed by atoms with Gasteiger partial charge in [0.1, 0.15) is 0 Å². The van der Waals surface area contributed by atoms with Crippen LogP contribution in [0.2, 0.25) is 0 Å². The van der Waals surface area contributed by atoms with E-state index in [2.05, 4.69) is 39.1 Å². The number of nitrogens with one attached hydrogen (secondary N) is 1. The number of aryl methyl sites for hydroxylation is 1. The van der Waals surface area contributed by atoms with Gasteiger partial charge in [-0.25, -0.2) is 13.4 Å². The summed E-state index contributed by atoms with van der Waals surface area (Å²) in [7, 11) is -3.54. The molecule has 0 bridgehead atoms. The minimum Gasteiger partial charge on any atom is -0.357 e. The fourth-order valence-corrected chi connectivity index (χ4v) is 6.10. The van der Waals surface area contributed by atoms with Gasteiger partial charge >= 0.3 is 0 Å². The highest BCUT2D eigenvalue weighted by Gasteiger charge is 2.31. The topological polar surface area (TPSA) is 62.3 Å². The normalized spacial score (nSPS) is 14.1. The molecule has 2 aromatic carbocycles. The zero-order valence-corrected chi connectivity index (χ0v) is 18.7. The number of aromatic nitrogens is 1. The molecule has 0 amide bonds. The number of rotatable bonds is 4. The maximum Gasteiger partial charge on any atom is 0.264 e. The maximum absolute atomic E-state index is 13.0. The maximum atomic E-state index is 13.0. The van der Waals surface area contributed by atoms with E-state index in [9.17, 15) is 8.42 Å². The summed E-state index contributed by atoms with van der Waals surface area (Å²) in [5.74, 6) is 0. The van der Waals surface area contributed by atoms with Crippen LogP contribution in [-0.2, 0) is 16.4 Å². The molecule has 29 heavy (non-hydrogen) atoms. The van der Waals surface area contributed by atoms with Crippen LogP contribution in [0.3, 0.4) is 0 Å². The molecule has 1 N–H and O–H groups in total. The molecule has 0 saturated heterocycles.